The highest BCUT2D eigenvalue weighted by molar-refractivity contribution is 14.1. The van der Waals surface area contributed by atoms with E-state index in [-0.39, 0.29) is 0 Å². The average molecular weight is 322 g/mol. The maximum Gasteiger partial charge on any atom is 0.192 e. The maximum absolute atomic E-state index is 5.07. The maximum atomic E-state index is 5.07. The molecule has 1 rings (SSSR count). The van der Waals surface area contributed by atoms with Crippen LogP contribution < -0.4 is 13.7 Å². The molecule has 0 saturated carbocycles. The third-order valence-corrected chi connectivity index (χ3v) is 2.56. The molecule has 0 radical (unpaired) electrons. The van der Waals surface area contributed by atoms with Gasteiger partial charge in [-0.3, -0.25) is 0 Å². The van der Waals surface area contributed by atoms with Gasteiger partial charge in [0.1, 0.15) is 5.75 Å². The Kier molecular flexibility index (Phi) is 8.50. The Morgan fingerprint density at radius 2 is 1.60 bits per heavy atom. The van der Waals surface area contributed by atoms with E-state index in [0.29, 0.717) is 0 Å². The molecule has 0 aliphatic heterocycles. The minimum Gasteiger partial charge on any atom is -0.428 e. The SMILES string of the molecule is CCN(CC)c1ccc(OI)cc1.CN. The van der Waals surface area contributed by atoms with Crippen LogP contribution in [0.3, 0.4) is 0 Å². The number of nitrogens with two attached hydrogens (primary N) is 1. The van der Waals surface area contributed by atoms with Gasteiger partial charge in [-0.05, 0) is 45.2 Å². The van der Waals surface area contributed by atoms with Gasteiger partial charge >= 0.3 is 0 Å². The summed E-state index contributed by atoms with van der Waals surface area (Å²) in [4.78, 5) is 2.30. The van der Waals surface area contributed by atoms with E-state index < -0.39 is 0 Å². The fourth-order valence-corrected chi connectivity index (χ4v) is 1.59. The van der Waals surface area contributed by atoms with Crippen LogP contribution in [0, 0.1) is 0 Å². The second-order valence-corrected chi connectivity index (χ2v) is 3.18. The Bertz CT molecular complexity index is 247. The van der Waals surface area contributed by atoms with Gasteiger partial charge in [-0.25, -0.2) is 0 Å². The molecule has 0 aliphatic carbocycles. The van der Waals surface area contributed by atoms with Gasteiger partial charge in [0.2, 0.25) is 0 Å². The van der Waals surface area contributed by atoms with Crippen molar-refractivity contribution in [3.63, 3.8) is 0 Å². The Balaban J connectivity index is 0.000000921. The molecule has 15 heavy (non-hydrogen) atoms. The third-order valence-electron chi connectivity index (χ3n) is 2.05. The van der Waals surface area contributed by atoms with Crippen LogP contribution in [0.4, 0.5) is 5.69 Å². The predicted molar refractivity (Wildman–Crippen MR) is 74.8 cm³/mol. The first-order valence-electron chi connectivity index (χ1n) is 5.03. The molecule has 0 bridgehead atoms. The van der Waals surface area contributed by atoms with Gasteiger partial charge in [0.15, 0.2) is 23.0 Å². The highest BCUT2D eigenvalue weighted by Gasteiger charge is 2.00. The largest absolute Gasteiger partial charge is 0.428 e. The van der Waals surface area contributed by atoms with Crippen molar-refractivity contribution >= 4 is 28.7 Å². The number of rotatable bonds is 4. The van der Waals surface area contributed by atoms with Crippen molar-refractivity contribution < 1.29 is 3.07 Å². The lowest BCUT2D eigenvalue weighted by Crippen LogP contribution is -2.21. The summed E-state index contributed by atoms with van der Waals surface area (Å²) in [5.74, 6) is 0.900. The molecule has 0 unspecified atom stereocenters. The first-order chi connectivity index (χ1) is 7.31. The van der Waals surface area contributed by atoms with E-state index >= 15 is 0 Å². The molecule has 3 nitrogen and oxygen atoms in total. The molecular formula is C11H19IN2O. The normalized spacial score (nSPS) is 8.87. The molecular weight excluding hydrogens is 303 g/mol. The van der Waals surface area contributed by atoms with Crippen molar-refractivity contribution in [3.05, 3.63) is 24.3 Å². The van der Waals surface area contributed by atoms with Gasteiger partial charge in [0.25, 0.3) is 0 Å². The van der Waals surface area contributed by atoms with Gasteiger partial charge in [0.05, 0.1) is 0 Å². The van der Waals surface area contributed by atoms with Gasteiger partial charge in [-0.1, -0.05) is 0 Å². The minimum atomic E-state index is 0.900. The quantitative estimate of drug-likeness (QED) is 0.867. The minimum absolute atomic E-state index is 0.900. The van der Waals surface area contributed by atoms with Crippen LogP contribution in [0.15, 0.2) is 24.3 Å². The molecule has 0 amide bonds. The van der Waals surface area contributed by atoms with Gasteiger partial charge in [-0.2, -0.15) is 0 Å². The lowest BCUT2D eigenvalue weighted by atomic mass is 10.2. The molecule has 0 heterocycles. The van der Waals surface area contributed by atoms with Crippen molar-refractivity contribution in [1.29, 1.82) is 0 Å². The second kappa shape index (κ2) is 8.79. The zero-order valence-corrected chi connectivity index (χ0v) is 11.7. The van der Waals surface area contributed by atoms with Crippen molar-refractivity contribution in [2.75, 3.05) is 25.0 Å². The highest BCUT2D eigenvalue weighted by atomic mass is 127. The second-order valence-electron chi connectivity index (χ2n) is 2.74. The molecule has 2 N–H and O–H groups in total. The van der Waals surface area contributed by atoms with Crippen molar-refractivity contribution in [2.24, 2.45) is 5.73 Å². The summed E-state index contributed by atoms with van der Waals surface area (Å²) in [6, 6.07) is 8.14. The topological polar surface area (TPSA) is 38.5 Å². The Morgan fingerprint density at radius 1 is 1.13 bits per heavy atom. The number of hydrogen-bond donors (Lipinski definition) is 1. The van der Waals surface area contributed by atoms with Crippen molar-refractivity contribution in [1.82, 2.24) is 0 Å². The molecule has 0 spiro atoms. The average Bonchev–Trinajstić information content (AvgIpc) is 2.34. The van der Waals surface area contributed by atoms with Crippen LogP contribution in [-0.4, -0.2) is 20.1 Å². The molecule has 0 saturated heterocycles. The van der Waals surface area contributed by atoms with Crippen LogP contribution >= 0.6 is 23.0 Å². The van der Waals surface area contributed by atoms with E-state index in [0.717, 1.165) is 18.8 Å². The predicted octanol–water partition coefficient (Wildman–Crippen LogP) is 2.84. The summed E-state index contributed by atoms with van der Waals surface area (Å²) in [5.41, 5.74) is 5.75. The molecule has 0 atom stereocenters. The van der Waals surface area contributed by atoms with Crippen LogP contribution in [0.1, 0.15) is 13.8 Å². The lowest BCUT2D eigenvalue weighted by Gasteiger charge is -2.20. The van der Waals surface area contributed by atoms with Gasteiger partial charge in [-0.15, -0.1) is 0 Å². The fraction of sp³-hybridized carbons (Fsp3) is 0.455. The molecule has 86 valence electrons. The monoisotopic (exact) mass is 322 g/mol. The van der Waals surface area contributed by atoms with Crippen LogP contribution in [0.25, 0.3) is 0 Å². The first-order valence-corrected chi connectivity index (χ1v) is 5.91. The molecule has 0 aromatic heterocycles. The molecule has 1 aromatic carbocycles. The van der Waals surface area contributed by atoms with E-state index in [1.54, 1.807) is 0 Å². The highest BCUT2D eigenvalue weighted by Crippen LogP contribution is 2.20. The van der Waals surface area contributed by atoms with Gasteiger partial charge < -0.3 is 13.7 Å². The standard InChI is InChI=1S/C10H14INO.CH5N/c1-3-12(4-2)9-5-7-10(13-11)8-6-9;1-2/h5-8H,3-4H2,1-2H3;2H2,1H3. The smallest absolute Gasteiger partial charge is 0.192 e. The number of halogens is 1. The van der Waals surface area contributed by atoms with E-state index in [2.05, 4.69) is 36.6 Å². The van der Waals surface area contributed by atoms with Crippen LogP contribution in [0.5, 0.6) is 5.75 Å². The number of nitrogens with zero attached hydrogens (tertiary/aromatic N) is 1. The Hall–Kier alpha value is -0.490. The van der Waals surface area contributed by atoms with Crippen molar-refractivity contribution in [2.45, 2.75) is 13.8 Å². The zero-order valence-electron chi connectivity index (χ0n) is 9.53. The molecule has 0 aliphatic rings. The van der Waals surface area contributed by atoms with E-state index in [1.165, 1.54) is 12.7 Å². The molecule has 4 heteroatoms. The molecule has 1 aromatic rings. The Morgan fingerprint density at radius 3 is 1.93 bits per heavy atom. The lowest BCUT2D eigenvalue weighted by molar-refractivity contribution is 0.716. The summed E-state index contributed by atoms with van der Waals surface area (Å²) in [6.07, 6.45) is 0. The third kappa shape index (κ3) is 4.70. The summed E-state index contributed by atoms with van der Waals surface area (Å²) in [6.45, 7) is 6.40. The fourth-order valence-electron chi connectivity index (χ4n) is 1.30. The summed E-state index contributed by atoms with van der Waals surface area (Å²) in [7, 11) is 1.50. The molecule has 0 fully saturated rings. The van der Waals surface area contributed by atoms with Gasteiger partial charge in [0, 0.05) is 18.8 Å². The number of benzene rings is 1. The Labute approximate surface area is 106 Å². The van der Waals surface area contributed by atoms with Crippen LogP contribution in [-0.2, 0) is 0 Å². The van der Waals surface area contributed by atoms with Crippen molar-refractivity contribution in [3.8, 4) is 5.75 Å². The van der Waals surface area contributed by atoms with Crippen LogP contribution in [0.2, 0.25) is 0 Å². The number of hydrogen-bond acceptors (Lipinski definition) is 3. The summed E-state index contributed by atoms with van der Waals surface area (Å²) < 4.78 is 5.07. The van der Waals surface area contributed by atoms with E-state index in [9.17, 15) is 0 Å². The first kappa shape index (κ1) is 14.5. The zero-order chi connectivity index (χ0) is 11.7. The van der Waals surface area contributed by atoms with E-state index in [1.807, 2.05) is 35.1 Å². The number of anilines is 1. The summed E-state index contributed by atoms with van der Waals surface area (Å²) in [5, 5.41) is 0. The van der Waals surface area contributed by atoms with E-state index in [4.69, 9.17) is 3.07 Å². The summed E-state index contributed by atoms with van der Waals surface area (Å²) >= 11 is 1.89.